The number of para-hydroxylation sites is 1. The standard InChI is InChI=1S/C14H11F7N2O2/c1-3-7-25-11-9(5-4-6-10(11)24-2)8-22-23-14(20,21)12(15,16)13(17,18)19/h1,4-6,8,23H,7H2,2H3/b22-8-. The monoisotopic (exact) mass is 372 g/mol. The summed E-state index contributed by atoms with van der Waals surface area (Å²) in [5.74, 6) is -4.13. The van der Waals surface area contributed by atoms with Crippen molar-refractivity contribution in [1.82, 2.24) is 5.43 Å². The number of alkyl halides is 7. The number of halogens is 7. The molecule has 1 aromatic carbocycles. The van der Waals surface area contributed by atoms with E-state index in [1.54, 1.807) is 0 Å². The van der Waals surface area contributed by atoms with Crippen molar-refractivity contribution >= 4 is 6.21 Å². The summed E-state index contributed by atoms with van der Waals surface area (Å²) in [6.07, 6.45) is -0.885. The normalized spacial score (nSPS) is 12.8. The lowest BCUT2D eigenvalue weighted by molar-refractivity contribution is -0.361. The molecule has 0 aliphatic carbocycles. The van der Waals surface area contributed by atoms with Crippen molar-refractivity contribution in [2.75, 3.05) is 13.7 Å². The quantitative estimate of drug-likeness (QED) is 0.262. The Balaban J connectivity index is 3.05. The van der Waals surface area contributed by atoms with Crippen molar-refractivity contribution in [2.24, 2.45) is 5.10 Å². The molecule has 1 rings (SSSR count). The average molecular weight is 372 g/mol. The number of benzene rings is 1. The van der Waals surface area contributed by atoms with Crippen molar-refractivity contribution < 1.29 is 40.2 Å². The van der Waals surface area contributed by atoms with Crippen LogP contribution in [-0.4, -0.2) is 38.1 Å². The Morgan fingerprint density at radius 1 is 1.20 bits per heavy atom. The van der Waals surface area contributed by atoms with Crippen LogP contribution in [0.4, 0.5) is 30.7 Å². The maximum absolute atomic E-state index is 13.1. The first-order valence-electron chi connectivity index (χ1n) is 6.33. The van der Waals surface area contributed by atoms with E-state index < -0.39 is 18.1 Å². The molecule has 0 amide bonds. The van der Waals surface area contributed by atoms with Crippen molar-refractivity contribution in [3.63, 3.8) is 0 Å². The molecule has 11 heteroatoms. The topological polar surface area (TPSA) is 42.8 Å². The molecule has 138 valence electrons. The van der Waals surface area contributed by atoms with Crippen LogP contribution >= 0.6 is 0 Å². The summed E-state index contributed by atoms with van der Waals surface area (Å²) < 4.78 is 97.7. The zero-order chi connectivity index (χ0) is 19.3. The Hall–Kier alpha value is -2.64. The van der Waals surface area contributed by atoms with Crippen LogP contribution in [0.1, 0.15) is 5.56 Å². The van der Waals surface area contributed by atoms with E-state index in [9.17, 15) is 30.7 Å². The second-order valence-corrected chi connectivity index (χ2v) is 4.39. The Bertz CT molecular complexity index is 666. The lowest BCUT2D eigenvalue weighted by Gasteiger charge is -2.27. The fraction of sp³-hybridized carbons (Fsp3) is 0.357. The van der Waals surface area contributed by atoms with Gasteiger partial charge in [-0.05, 0) is 12.1 Å². The minimum absolute atomic E-state index is 0.0479. The Kier molecular flexibility index (Phi) is 6.12. The molecule has 0 bridgehead atoms. The van der Waals surface area contributed by atoms with Crippen LogP contribution in [0.5, 0.6) is 11.5 Å². The van der Waals surface area contributed by atoms with Gasteiger partial charge in [-0.1, -0.05) is 12.0 Å². The highest BCUT2D eigenvalue weighted by atomic mass is 19.4. The van der Waals surface area contributed by atoms with Gasteiger partial charge in [0.05, 0.1) is 13.3 Å². The molecule has 0 atom stereocenters. The predicted octanol–water partition coefficient (Wildman–Crippen LogP) is 3.42. The number of terminal acetylenes is 1. The molecular formula is C14H11F7N2O2. The van der Waals surface area contributed by atoms with E-state index in [2.05, 4.69) is 11.0 Å². The molecule has 0 aliphatic rings. The van der Waals surface area contributed by atoms with Crippen molar-refractivity contribution in [3.05, 3.63) is 23.8 Å². The van der Waals surface area contributed by atoms with E-state index >= 15 is 0 Å². The van der Waals surface area contributed by atoms with Crippen molar-refractivity contribution in [2.45, 2.75) is 18.1 Å². The van der Waals surface area contributed by atoms with Crippen LogP contribution < -0.4 is 14.9 Å². The maximum atomic E-state index is 13.1. The number of hydrogen-bond acceptors (Lipinski definition) is 4. The summed E-state index contributed by atoms with van der Waals surface area (Å²) in [6.45, 7) is -0.239. The number of nitrogens with one attached hydrogen (secondary N) is 1. The molecule has 0 heterocycles. The largest absolute Gasteiger partial charge is 0.493 e. The number of rotatable bonds is 7. The molecule has 0 radical (unpaired) electrons. The third-order valence-corrected chi connectivity index (χ3v) is 2.69. The number of hydrogen-bond donors (Lipinski definition) is 1. The van der Waals surface area contributed by atoms with Crippen LogP contribution in [0.15, 0.2) is 23.3 Å². The zero-order valence-corrected chi connectivity index (χ0v) is 12.5. The third-order valence-electron chi connectivity index (χ3n) is 2.69. The third kappa shape index (κ3) is 4.46. The average Bonchev–Trinajstić information content (AvgIpc) is 2.51. The fourth-order valence-corrected chi connectivity index (χ4v) is 1.49. The molecule has 4 nitrogen and oxygen atoms in total. The molecule has 0 saturated heterocycles. The Morgan fingerprint density at radius 2 is 1.84 bits per heavy atom. The van der Waals surface area contributed by atoms with E-state index in [-0.39, 0.29) is 23.7 Å². The molecule has 0 aliphatic heterocycles. The van der Waals surface area contributed by atoms with Gasteiger partial charge in [-0.3, -0.25) is 0 Å². The van der Waals surface area contributed by atoms with Gasteiger partial charge in [0, 0.05) is 5.56 Å². The summed E-state index contributed by atoms with van der Waals surface area (Å²) in [7, 11) is 1.26. The molecule has 1 aromatic rings. The van der Waals surface area contributed by atoms with Gasteiger partial charge in [-0.25, -0.2) is 5.43 Å². The van der Waals surface area contributed by atoms with Gasteiger partial charge in [0.2, 0.25) is 0 Å². The molecule has 0 saturated carbocycles. The first-order chi connectivity index (χ1) is 11.5. The first-order valence-corrected chi connectivity index (χ1v) is 6.33. The van der Waals surface area contributed by atoms with Crippen LogP contribution in [-0.2, 0) is 0 Å². The van der Waals surface area contributed by atoms with Gasteiger partial charge in [0.15, 0.2) is 11.5 Å². The van der Waals surface area contributed by atoms with E-state index in [0.717, 1.165) is 0 Å². The summed E-state index contributed by atoms with van der Waals surface area (Å²) in [5.41, 5.74) is 0.457. The van der Waals surface area contributed by atoms with Gasteiger partial charge >= 0.3 is 18.1 Å². The second kappa shape index (κ2) is 7.50. The molecular weight excluding hydrogens is 361 g/mol. The summed E-state index contributed by atoms with van der Waals surface area (Å²) in [4.78, 5) is 0. The van der Waals surface area contributed by atoms with E-state index in [0.29, 0.717) is 11.6 Å². The van der Waals surface area contributed by atoms with Crippen molar-refractivity contribution in [3.8, 4) is 23.8 Å². The molecule has 1 N–H and O–H groups in total. The summed E-state index contributed by atoms with van der Waals surface area (Å²) >= 11 is 0. The highest BCUT2D eigenvalue weighted by Crippen LogP contribution is 2.45. The van der Waals surface area contributed by atoms with Crippen LogP contribution in [0.3, 0.4) is 0 Å². The van der Waals surface area contributed by atoms with E-state index in [1.807, 2.05) is 0 Å². The highest BCUT2D eigenvalue weighted by Gasteiger charge is 2.73. The zero-order valence-electron chi connectivity index (χ0n) is 12.5. The first kappa shape index (κ1) is 20.4. The van der Waals surface area contributed by atoms with Gasteiger partial charge in [-0.2, -0.15) is 35.8 Å². The highest BCUT2D eigenvalue weighted by molar-refractivity contribution is 5.85. The molecule has 25 heavy (non-hydrogen) atoms. The van der Waals surface area contributed by atoms with Gasteiger partial charge in [-0.15, -0.1) is 6.42 Å². The Labute approximate surface area is 137 Å². The molecule has 0 aromatic heterocycles. The summed E-state index contributed by atoms with van der Waals surface area (Å²) in [6, 6.07) is -1.60. The minimum atomic E-state index is -6.46. The van der Waals surface area contributed by atoms with Gasteiger partial charge in [0.1, 0.15) is 6.61 Å². The lowest BCUT2D eigenvalue weighted by atomic mass is 10.2. The number of nitrogens with zero attached hydrogens (tertiary/aromatic N) is 1. The lowest BCUT2D eigenvalue weighted by Crippen LogP contribution is -2.58. The molecule has 0 spiro atoms. The van der Waals surface area contributed by atoms with E-state index in [1.165, 1.54) is 25.3 Å². The van der Waals surface area contributed by atoms with Gasteiger partial charge < -0.3 is 9.47 Å². The van der Waals surface area contributed by atoms with E-state index in [4.69, 9.17) is 15.9 Å². The predicted molar refractivity (Wildman–Crippen MR) is 74.0 cm³/mol. The minimum Gasteiger partial charge on any atom is -0.493 e. The number of methoxy groups -OCH3 is 1. The van der Waals surface area contributed by atoms with Crippen LogP contribution in [0.25, 0.3) is 0 Å². The van der Waals surface area contributed by atoms with Gasteiger partial charge in [0.25, 0.3) is 0 Å². The maximum Gasteiger partial charge on any atom is 0.462 e. The number of hydrazone groups is 1. The Morgan fingerprint density at radius 3 is 2.36 bits per heavy atom. The second-order valence-electron chi connectivity index (χ2n) is 4.39. The van der Waals surface area contributed by atoms with Crippen LogP contribution in [0.2, 0.25) is 0 Å². The molecule has 0 fully saturated rings. The summed E-state index contributed by atoms with van der Waals surface area (Å²) in [5, 5.41) is 2.75. The smallest absolute Gasteiger partial charge is 0.462 e. The fourth-order valence-electron chi connectivity index (χ4n) is 1.49. The number of ether oxygens (including phenoxy) is 2. The molecule has 0 unspecified atom stereocenters. The van der Waals surface area contributed by atoms with Crippen LogP contribution in [0, 0.1) is 12.3 Å². The van der Waals surface area contributed by atoms with Crippen molar-refractivity contribution in [1.29, 1.82) is 0 Å². The SMILES string of the molecule is C#CCOc1c(/C=N\NC(F)(F)C(F)(F)C(F)(F)F)cccc1OC.